The van der Waals surface area contributed by atoms with Crippen LogP contribution in [-0.2, 0) is 13.0 Å². The molecule has 1 aromatic heterocycles. The van der Waals surface area contributed by atoms with Crippen molar-refractivity contribution in [3.05, 3.63) is 65.2 Å². The first-order chi connectivity index (χ1) is 13.7. The smallest absolute Gasteiger partial charge is 0.188 e. The summed E-state index contributed by atoms with van der Waals surface area (Å²) in [5.74, 6) is 1.85. The molecule has 3 N–H and O–H groups in total. The molecule has 0 aliphatic rings. The van der Waals surface area contributed by atoms with Crippen molar-refractivity contribution in [2.24, 2.45) is 10.7 Å². The number of benzene rings is 2. The van der Waals surface area contributed by atoms with E-state index in [-0.39, 0.29) is 24.0 Å². The van der Waals surface area contributed by atoms with Gasteiger partial charge in [0.2, 0.25) is 0 Å². The number of guanidine groups is 1. The Hall–Kier alpha value is -2.33. The van der Waals surface area contributed by atoms with Crippen molar-refractivity contribution in [2.45, 2.75) is 13.0 Å². The largest absolute Gasteiger partial charge is 0.493 e. The van der Waals surface area contributed by atoms with Crippen LogP contribution in [0.4, 0.5) is 0 Å². The molecule has 29 heavy (non-hydrogen) atoms. The van der Waals surface area contributed by atoms with E-state index < -0.39 is 0 Å². The first-order valence-corrected chi connectivity index (χ1v) is 9.82. The molecule has 0 saturated carbocycles. The Labute approximate surface area is 192 Å². The molecule has 0 amide bonds. The molecule has 0 radical (unpaired) electrons. The van der Waals surface area contributed by atoms with E-state index in [1.165, 1.54) is 0 Å². The maximum atomic E-state index is 5.98. The highest BCUT2D eigenvalue weighted by atomic mass is 127. The topological polar surface area (TPSA) is 81.8 Å². The summed E-state index contributed by atoms with van der Waals surface area (Å²) in [5.41, 5.74) is 9.13. The summed E-state index contributed by atoms with van der Waals surface area (Å²) < 4.78 is 10.6. The first kappa shape index (κ1) is 23.0. The minimum absolute atomic E-state index is 0. The van der Waals surface area contributed by atoms with Crippen LogP contribution in [0, 0.1) is 0 Å². The van der Waals surface area contributed by atoms with Crippen LogP contribution in [0.2, 0.25) is 0 Å². The van der Waals surface area contributed by atoms with Gasteiger partial charge in [-0.1, -0.05) is 36.4 Å². The zero-order valence-electron chi connectivity index (χ0n) is 16.4. The van der Waals surface area contributed by atoms with Crippen LogP contribution < -0.4 is 20.5 Å². The predicted molar refractivity (Wildman–Crippen MR) is 130 cm³/mol. The standard InChI is InChI=1S/C21H24N4O2S.HI/c1-26-18-9-8-15(12-19(18)27-2)10-11-23-21(22)24-13-17-14-28-20(25-17)16-6-4-3-5-7-16;/h3-9,12,14H,10-11,13H2,1-2H3,(H3,22,23,24);1H. The fraction of sp³-hybridized carbons (Fsp3) is 0.238. The van der Waals surface area contributed by atoms with Gasteiger partial charge in [0.15, 0.2) is 17.5 Å². The number of aromatic nitrogens is 1. The van der Waals surface area contributed by atoms with Crippen molar-refractivity contribution in [1.82, 2.24) is 10.3 Å². The minimum atomic E-state index is 0. The van der Waals surface area contributed by atoms with Gasteiger partial charge in [-0.15, -0.1) is 35.3 Å². The van der Waals surface area contributed by atoms with Crippen molar-refractivity contribution in [1.29, 1.82) is 0 Å². The summed E-state index contributed by atoms with van der Waals surface area (Å²) in [5, 5.41) is 6.15. The van der Waals surface area contributed by atoms with Crippen LogP contribution >= 0.6 is 35.3 Å². The van der Waals surface area contributed by atoms with Gasteiger partial charge in [-0.3, -0.25) is 0 Å². The van der Waals surface area contributed by atoms with Crippen molar-refractivity contribution in [3.63, 3.8) is 0 Å². The molecule has 0 saturated heterocycles. The Balaban J connectivity index is 0.00000300. The van der Waals surface area contributed by atoms with Crippen LogP contribution in [0.5, 0.6) is 11.5 Å². The summed E-state index contributed by atoms with van der Waals surface area (Å²) in [6.07, 6.45) is 0.797. The second kappa shape index (κ2) is 11.6. The first-order valence-electron chi connectivity index (χ1n) is 8.94. The lowest BCUT2D eigenvalue weighted by molar-refractivity contribution is 0.354. The minimum Gasteiger partial charge on any atom is -0.493 e. The molecule has 0 aliphatic heterocycles. The summed E-state index contributed by atoms with van der Waals surface area (Å²) in [4.78, 5) is 8.99. The lowest BCUT2D eigenvalue weighted by atomic mass is 10.1. The fourth-order valence-corrected chi connectivity index (χ4v) is 3.50. The van der Waals surface area contributed by atoms with Crippen LogP contribution in [-0.4, -0.2) is 31.7 Å². The second-order valence-electron chi connectivity index (χ2n) is 6.08. The van der Waals surface area contributed by atoms with E-state index in [1.807, 2.05) is 41.8 Å². The van der Waals surface area contributed by atoms with E-state index in [2.05, 4.69) is 27.4 Å². The number of nitrogens with two attached hydrogens (primary N) is 1. The van der Waals surface area contributed by atoms with Gasteiger partial charge in [0.1, 0.15) is 5.01 Å². The SMILES string of the molecule is COc1ccc(CCNC(N)=NCc2csc(-c3ccccc3)n2)cc1OC.I. The molecule has 0 spiro atoms. The molecule has 3 aromatic rings. The highest BCUT2D eigenvalue weighted by molar-refractivity contribution is 14.0. The fourth-order valence-electron chi connectivity index (χ4n) is 2.69. The van der Waals surface area contributed by atoms with E-state index >= 15 is 0 Å². The summed E-state index contributed by atoms with van der Waals surface area (Å²) in [6.45, 7) is 1.13. The number of aliphatic imine (C=N–C) groups is 1. The number of rotatable bonds is 8. The van der Waals surface area contributed by atoms with Gasteiger partial charge in [-0.05, 0) is 24.1 Å². The van der Waals surface area contributed by atoms with Crippen molar-refractivity contribution < 1.29 is 9.47 Å². The third-order valence-electron chi connectivity index (χ3n) is 4.15. The van der Waals surface area contributed by atoms with Gasteiger partial charge in [0, 0.05) is 17.5 Å². The predicted octanol–water partition coefficient (Wildman–Crippen LogP) is 4.09. The van der Waals surface area contributed by atoms with E-state index in [0.29, 0.717) is 19.0 Å². The Morgan fingerprint density at radius 2 is 1.86 bits per heavy atom. The monoisotopic (exact) mass is 524 g/mol. The second-order valence-corrected chi connectivity index (χ2v) is 6.94. The highest BCUT2D eigenvalue weighted by Crippen LogP contribution is 2.27. The third-order valence-corrected chi connectivity index (χ3v) is 5.09. The van der Waals surface area contributed by atoms with Crippen LogP contribution in [0.3, 0.4) is 0 Å². The molecular formula is C21H25IN4O2S. The van der Waals surface area contributed by atoms with Crippen LogP contribution in [0.15, 0.2) is 58.9 Å². The van der Waals surface area contributed by atoms with E-state index in [1.54, 1.807) is 25.6 Å². The molecule has 2 aromatic carbocycles. The van der Waals surface area contributed by atoms with Gasteiger partial charge in [-0.25, -0.2) is 9.98 Å². The number of methoxy groups -OCH3 is 2. The Morgan fingerprint density at radius 1 is 1.10 bits per heavy atom. The molecule has 1 heterocycles. The Kier molecular flexibility index (Phi) is 9.20. The summed E-state index contributed by atoms with van der Waals surface area (Å²) in [7, 11) is 3.26. The average molecular weight is 524 g/mol. The molecule has 8 heteroatoms. The Morgan fingerprint density at radius 3 is 2.59 bits per heavy atom. The molecule has 0 fully saturated rings. The van der Waals surface area contributed by atoms with Crippen molar-refractivity contribution in [2.75, 3.05) is 20.8 Å². The van der Waals surface area contributed by atoms with Gasteiger partial charge in [-0.2, -0.15) is 0 Å². The summed E-state index contributed by atoms with van der Waals surface area (Å²) >= 11 is 1.61. The molecule has 0 unspecified atom stereocenters. The number of ether oxygens (including phenoxy) is 2. The number of hydrogen-bond donors (Lipinski definition) is 2. The zero-order valence-corrected chi connectivity index (χ0v) is 19.6. The molecule has 0 bridgehead atoms. The number of thiazole rings is 1. The van der Waals surface area contributed by atoms with Gasteiger partial charge in [0.05, 0.1) is 26.5 Å². The lowest BCUT2D eigenvalue weighted by Gasteiger charge is -2.10. The van der Waals surface area contributed by atoms with Crippen molar-refractivity contribution >= 4 is 41.3 Å². The lowest BCUT2D eigenvalue weighted by Crippen LogP contribution is -2.33. The normalized spacial score (nSPS) is 10.9. The van der Waals surface area contributed by atoms with E-state index in [9.17, 15) is 0 Å². The molecule has 6 nitrogen and oxygen atoms in total. The van der Waals surface area contributed by atoms with E-state index in [4.69, 9.17) is 15.2 Å². The summed E-state index contributed by atoms with van der Waals surface area (Å²) in [6, 6.07) is 16.0. The van der Waals surface area contributed by atoms with Crippen LogP contribution in [0.25, 0.3) is 10.6 Å². The number of nitrogens with one attached hydrogen (secondary N) is 1. The van der Waals surface area contributed by atoms with Gasteiger partial charge in [0.25, 0.3) is 0 Å². The van der Waals surface area contributed by atoms with E-state index in [0.717, 1.165) is 39.7 Å². The molecule has 0 atom stereocenters. The van der Waals surface area contributed by atoms with Gasteiger partial charge < -0.3 is 20.5 Å². The molecular weight excluding hydrogens is 499 g/mol. The number of hydrogen-bond acceptors (Lipinski definition) is 5. The zero-order chi connectivity index (χ0) is 19.8. The number of nitrogens with zero attached hydrogens (tertiary/aromatic N) is 2. The Bertz CT molecular complexity index is 931. The molecule has 154 valence electrons. The molecule has 3 rings (SSSR count). The molecule has 0 aliphatic carbocycles. The maximum Gasteiger partial charge on any atom is 0.188 e. The third kappa shape index (κ3) is 6.60. The average Bonchev–Trinajstić information content (AvgIpc) is 3.22. The van der Waals surface area contributed by atoms with Crippen LogP contribution in [0.1, 0.15) is 11.3 Å². The maximum absolute atomic E-state index is 5.98. The van der Waals surface area contributed by atoms with Gasteiger partial charge >= 0.3 is 0 Å². The van der Waals surface area contributed by atoms with Crippen molar-refractivity contribution in [3.8, 4) is 22.1 Å². The highest BCUT2D eigenvalue weighted by Gasteiger charge is 2.05. The number of halogens is 1. The quantitative estimate of drug-likeness (QED) is 0.264.